The number of fused-ring (bicyclic) bond motifs is 6. The molecule has 0 fully saturated rings. The third-order valence-electron chi connectivity index (χ3n) is 7.96. The van der Waals surface area contributed by atoms with Crippen LogP contribution in [0.3, 0.4) is 0 Å². The molecule has 1 aliphatic rings. The van der Waals surface area contributed by atoms with Crippen LogP contribution in [0.2, 0.25) is 0 Å². The molecule has 0 radical (unpaired) electrons. The molecule has 0 atom stereocenters. The fourth-order valence-corrected chi connectivity index (χ4v) is 6.24. The molecule has 1 aromatic heterocycles. The van der Waals surface area contributed by atoms with Gasteiger partial charge >= 0.3 is 0 Å². The largest absolute Gasteiger partial charge is 0.457 e. The van der Waals surface area contributed by atoms with Crippen molar-refractivity contribution in [3.63, 3.8) is 0 Å². The Hall–Kier alpha value is -5.08. The van der Waals surface area contributed by atoms with Crippen LogP contribution in [0.25, 0.3) is 38.6 Å². The minimum Gasteiger partial charge on any atom is -0.457 e. The highest BCUT2D eigenvalue weighted by molar-refractivity contribution is 6.09. The van der Waals surface area contributed by atoms with Crippen LogP contribution in [0.1, 0.15) is 22.6 Å². The summed E-state index contributed by atoms with van der Waals surface area (Å²) in [4.78, 5) is 0. The molecule has 0 spiro atoms. The van der Waals surface area contributed by atoms with Gasteiger partial charge in [0.15, 0.2) is 0 Å². The first-order valence-corrected chi connectivity index (χ1v) is 13.4. The summed E-state index contributed by atoms with van der Waals surface area (Å²) in [6.45, 7) is 0. The van der Waals surface area contributed by atoms with E-state index in [1.54, 1.807) is 0 Å². The molecule has 0 saturated heterocycles. The Labute approximate surface area is 227 Å². The number of benzene rings is 6. The summed E-state index contributed by atoms with van der Waals surface area (Å²) in [7, 11) is 0. The van der Waals surface area contributed by atoms with Gasteiger partial charge in [-0.05, 0) is 76.3 Å². The molecule has 7 aromatic rings. The molecule has 39 heavy (non-hydrogen) atoms. The van der Waals surface area contributed by atoms with Crippen LogP contribution < -0.4 is 4.74 Å². The van der Waals surface area contributed by atoms with Crippen molar-refractivity contribution in [3.05, 3.63) is 162 Å². The first-order chi connectivity index (χ1) is 19.3. The average Bonchev–Trinajstić information content (AvgIpc) is 3.51. The molecule has 2 heteroatoms. The van der Waals surface area contributed by atoms with E-state index in [-0.39, 0.29) is 5.92 Å². The standard InChI is InChI=1S/C37H25NO/c1-3-13-33-29(9-1)30-10-2-4-14-34(30)37(33)25-17-21-27(22-18-25)39-28-23-19-26(20-24-28)38-35-15-7-5-11-31(35)32-12-6-8-16-36(32)38/h1-24,37H. The van der Waals surface area contributed by atoms with Crippen LogP contribution in [0, 0.1) is 0 Å². The Kier molecular flexibility index (Phi) is 4.92. The van der Waals surface area contributed by atoms with E-state index in [0.717, 1.165) is 17.2 Å². The van der Waals surface area contributed by atoms with Gasteiger partial charge in [0, 0.05) is 22.4 Å². The lowest BCUT2D eigenvalue weighted by atomic mass is 9.89. The van der Waals surface area contributed by atoms with Gasteiger partial charge in [-0.2, -0.15) is 0 Å². The van der Waals surface area contributed by atoms with Gasteiger partial charge < -0.3 is 9.30 Å². The second-order valence-corrected chi connectivity index (χ2v) is 10.1. The fourth-order valence-electron chi connectivity index (χ4n) is 6.24. The van der Waals surface area contributed by atoms with Crippen LogP contribution in [0.4, 0.5) is 0 Å². The first-order valence-electron chi connectivity index (χ1n) is 13.4. The zero-order valence-electron chi connectivity index (χ0n) is 21.3. The summed E-state index contributed by atoms with van der Waals surface area (Å²) in [5, 5.41) is 2.53. The molecule has 1 heterocycles. The molecular weight excluding hydrogens is 474 g/mol. The van der Waals surface area contributed by atoms with Crippen molar-refractivity contribution in [1.29, 1.82) is 0 Å². The van der Waals surface area contributed by atoms with E-state index in [2.05, 4.69) is 150 Å². The van der Waals surface area contributed by atoms with Gasteiger partial charge in [-0.3, -0.25) is 0 Å². The van der Waals surface area contributed by atoms with Gasteiger partial charge in [0.25, 0.3) is 0 Å². The number of aromatic nitrogens is 1. The van der Waals surface area contributed by atoms with E-state index in [1.165, 1.54) is 49.6 Å². The highest BCUT2D eigenvalue weighted by Gasteiger charge is 2.29. The Morgan fingerprint density at radius 2 is 0.897 bits per heavy atom. The van der Waals surface area contributed by atoms with E-state index in [0.29, 0.717) is 0 Å². The van der Waals surface area contributed by atoms with Gasteiger partial charge in [-0.25, -0.2) is 0 Å². The molecule has 0 saturated carbocycles. The van der Waals surface area contributed by atoms with Crippen molar-refractivity contribution in [3.8, 4) is 28.3 Å². The molecule has 0 unspecified atom stereocenters. The third-order valence-corrected chi connectivity index (χ3v) is 7.96. The van der Waals surface area contributed by atoms with Crippen molar-refractivity contribution in [1.82, 2.24) is 4.57 Å². The number of hydrogen-bond donors (Lipinski definition) is 0. The van der Waals surface area contributed by atoms with Crippen molar-refractivity contribution in [2.75, 3.05) is 0 Å². The molecule has 184 valence electrons. The second kappa shape index (κ2) is 8.75. The maximum Gasteiger partial charge on any atom is 0.127 e. The number of nitrogens with zero attached hydrogens (tertiary/aromatic N) is 1. The average molecular weight is 500 g/mol. The van der Waals surface area contributed by atoms with Crippen molar-refractivity contribution in [2.24, 2.45) is 0 Å². The van der Waals surface area contributed by atoms with E-state index in [9.17, 15) is 0 Å². The van der Waals surface area contributed by atoms with Crippen LogP contribution in [-0.2, 0) is 0 Å². The molecule has 8 rings (SSSR count). The fraction of sp³-hybridized carbons (Fsp3) is 0.0270. The smallest absolute Gasteiger partial charge is 0.127 e. The van der Waals surface area contributed by atoms with E-state index in [4.69, 9.17) is 4.74 Å². The minimum absolute atomic E-state index is 0.247. The van der Waals surface area contributed by atoms with E-state index < -0.39 is 0 Å². The number of para-hydroxylation sites is 2. The zero-order valence-corrected chi connectivity index (χ0v) is 21.3. The predicted molar refractivity (Wildman–Crippen MR) is 160 cm³/mol. The lowest BCUT2D eigenvalue weighted by Gasteiger charge is -2.15. The minimum atomic E-state index is 0.247. The maximum absolute atomic E-state index is 6.27. The van der Waals surface area contributed by atoms with Gasteiger partial charge in [0.05, 0.1) is 11.0 Å². The monoisotopic (exact) mass is 499 g/mol. The SMILES string of the molecule is c1ccc2c(c1)-c1ccccc1C2c1ccc(Oc2ccc(-n3c4ccccc4c4ccccc43)cc2)cc1. The first kappa shape index (κ1) is 22.0. The molecular formula is C37H25NO. The van der Waals surface area contributed by atoms with E-state index in [1.807, 2.05) is 0 Å². The predicted octanol–water partition coefficient (Wildman–Crippen LogP) is 9.74. The summed E-state index contributed by atoms with van der Waals surface area (Å²) in [5.41, 5.74) is 10.2. The molecule has 0 amide bonds. The van der Waals surface area contributed by atoms with Crippen molar-refractivity contribution >= 4 is 21.8 Å². The maximum atomic E-state index is 6.27. The van der Waals surface area contributed by atoms with Crippen LogP contribution >= 0.6 is 0 Å². The molecule has 0 aliphatic heterocycles. The Bertz CT molecular complexity index is 1880. The van der Waals surface area contributed by atoms with E-state index >= 15 is 0 Å². The van der Waals surface area contributed by atoms with Gasteiger partial charge in [0.2, 0.25) is 0 Å². The summed E-state index contributed by atoms with van der Waals surface area (Å²) in [5.74, 6) is 1.91. The Morgan fingerprint density at radius 1 is 0.436 bits per heavy atom. The molecule has 0 N–H and O–H groups in total. The number of rotatable bonds is 4. The van der Waals surface area contributed by atoms with Gasteiger partial charge in [0.1, 0.15) is 11.5 Å². The van der Waals surface area contributed by atoms with Crippen LogP contribution in [-0.4, -0.2) is 4.57 Å². The number of hydrogen-bond acceptors (Lipinski definition) is 1. The van der Waals surface area contributed by atoms with Gasteiger partial charge in [-0.1, -0.05) is 97.1 Å². The Morgan fingerprint density at radius 3 is 1.46 bits per heavy atom. The quantitative estimate of drug-likeness (QED) is 0.235. The summed E-state index contributed by atoms with van der Waals surface area (Å²) in [6.07, 6.45) is 0. The Balaban J connectivity index is 1.09. The highest BCUT2D eigenvalue weighted by atomic mass is 16.5. The van der Waals surface area contributed by atoms with Crippen molar-refractivity contribution < 1.29 is 4.74 Å². The topological polar surface area (TPSA) is 14.2 Å². The summed E-state index contributed by atoms with van der Waals surface area (Å²) in [6, 6.07) is 51.6. The molecule has 0 bridgehead atoms. The zero-order chi connectivity index (χ0) is 25.8. The summed E-state index contributed by atoms with van der Waals surface area (Å²) >= 11 is 0. The molecule has 2 nitrogen and oxygen atoms in total. The number of ether oxygens (including phenoxy) is 1. The van der Waals surface area contributed by atoms with Crippen LogP contribution in [0.15, 0.2) is 146 Å². The summed E-state index contributed by atoms with van der Waals surface area (Å²) < 4.78 is 8.59. The highest BCUT2D eigenvalue weighted by Crippen LogP contribution is 2.48. The van der Waals surface area contributed by atoms with Crippen LogP contribution in [0.5, 0.6) is 11.5 Å². The molecule has 6 aromatic carbocycles. The van der Waals surface area contributed by atoms with Crippen molar-refractivity contribution in [2.45, 2.75) is 5.92 Å². The lowest BCUT2D eigenvalue weighted by molar-refractivity contribution is 0.482. The third kappa shape index (κ3) is 3.49. The normalized spacial score (nSPS) is 12.5. The second-order valence-electron chi connectivity index (χ2n) is 10.1. The van der Waals surface area contributed by atoms with Gasteiger partial charge in [-0.15, -0.1) is 0 Å². The lowest BCUT2D eigenvalue weighted by Crippen LogP contribution is -1.99. The molecule has 1 aliphatic carbocycles.